The number of hydrogen-bond donors (Lipinski definition) is 3. The highest BCUT2D eigenvalue weighted by atomic mass is 32.2. The molecule has 3 aromatic rings. The Balaban J connectivity index is 1.79. The SMILES string of the molecule is Cn1nc(-c2ccc(F)cc2)cc1C(=O)Nc1ccc(S(=O)(=O)N=C(N)N)cc1. The van der Waals surface area contributed by atoms with Crippen LogP contribution >= 0.6 is 0 Å². The minimum atomic E-state index is -4.01. The molecular weight excluding hydrogens is 399 g/mol. The lowest BCUT2D eigenvalue weighted by Crippen LogP contribution is -2.24. The molecule has 2 aromatic carbocycles. The average Bonchev–Trinajstić information content (AvgIpc) is 3.03. The Morgan fingerprint density at radius 1 is 1.10 bits per heavy atom. The molecule has 0 aliphatic rings. The van der Waals surface area contributed by atoms with E-state index in [9.17, 15) is 17.6 Å². The maximum Gasteiger partial charge on any atom is 0.285 e. The van der Waals surface area contributed by atoms with Crippen molar-refractivity contribution in [2.24, 2.45) is 22.9 Å². The molecule has 0 fully saturated rings. The molecule has 150 valence electrons. The topological polar surface area (TPSA) is 145 Å². The van der Waals surface area contributed by atoms with Crippen LogP contribution < -0.4 is 16.8 Å². The molecule has 0 aliphatic heterocycles. The summed E-state index contributed by atoms with van der Waals surface area (Å²) in [7, 11) is -2.41. The van der Waals surface area contributed by atoms with Crippen LogP contribution in [0.3, 0.4) is 0 Å². The number of nitrogens with one attached hydrogen (secondary N) is 1. The molecule has 1 heterocycles. The van der Waals surface area contributed by atoms with E-state index in [0.29, 0.717) is 16.9 Å². The summed E-state index contributed by atoms with van der Waals surface area (Å²) in [5, 5.41) is 6.92. The normalized spacial score (nSPS) is 11.1. The Labute approximate surface area is 165 Å². The minimum absolute atomic E-state index is 0.122. The van der Waals surface area contributed by atoms with E-state index >= 15 is 0 Å². The molecule has 0 saturated heterocycles. The predicted octanol–water partition coefficient (Wildman–Crippen LogP) is 1.44. The van der Waals surface area contributed by atoms with Crippen LogP contribution in [0.1, 0.15) is 10.5 Å². The number of amides is 1. The molecule has 0 radical (unpaired) electrons. The number of carbonyl (C=O) groups excluding carboxylic acids is 1. The van der Waals surface area contributed by atoms with Crippen LogP contribution in [0.15, 0.2) is 63.9 Å². The number of aromatic nitrogens is 2. The smallest absolute Gasteiger partial charge is 0.285 e. The zero-order chi connectivity index (χ0) is 21.2. The van der Waals surface area contributed by atoms with Gasteiger partial charge in [0.1, 0.15) is 11.5 Å². The van der Waals surface area contributed by atoms with Crippen molar-refractivity contribution in [2.45, 2.75) is 4.90 Å². The lowest BCUT2D eigenvalue weighted by atomic mass is 10.1. The van der Waals surface area contributed by atoms with Gasteiger partial charge in [-0.15, -0.1) is 4.40 Å². The number of aryl methyl sites for hydroxylation is 1. The van der Waals surface area contributed by atoms with E-state index in [4.69, 9.17) is 11.5 Å². The molecule has 0 saturated carbocycles. The Morgan fingerprint density at radius 3 is 2.31 bits per heavy atom. The molecule has 0 unspecified atom stereocenters. The first-order valence-electron chi connectivity index (χ1n) is 8.23. The second kappa shape index (κ2) is 7.72. The number of carbonyl (C=O) groups is 1. The third-order valence-electron chi connectivity index (χ3n) is 3.89. The van der Waals surface area contributed by atoms with Crippen molar-refractivity contribution in [1.29, 1.82) is 0 Å². The highest BCUT2D eigenvalue weighted by molar-refractivity contribution is 7.90. The van der Waals surface area contributed by atoms with E-state index < -0.39 is 21.9 Å². The second-order valence-corrected chi connectivity index (χ2v) is 7.62. The van der Waals surface area contributed by atoms with E-state index in [1.165, 1.54) is 41.1 Å². The minimum Gasteiger partial charge on any atom is -0.369 e. The fraction of sp³-hybridized carbons (Fsp3) is 0.0556. The quantitative estimate of drug-likeness (QED) is 0.424. The standard InChI is InChI=1S/C18H17FN6O3S/c1-25-16(10-15(23-25)11-2-4-12(19)5-3-11)17(26)22-13-6-8-14(9-7-13)29(27,28)24-18(20)21/h2-10H,1H3,(H,22,26)(H4,20,21,24). The van der Waals surface area contributed by atoms with Crippen LogP contribution in [0.25, 0.3) is 11.3 Å². The van der Waals surface area contributed by atoms with Gasteiger partial charge in [-0.2, -0.15) is 13.5 Å². The molecule has 0 atom stereocenters. The number of nitrogens with zero attached hydrogens (tertiary/aromatic N) is 3. The van der Waals surface area contributed by atoms with Crippen molar-refractivity contribution in [1.82, 2.24) is 9.78 Å². The number of hydrogen-bond acceptors (Lipinski definition) is 4. The van der Waals surface area contributed by atoms with Crippen molar-refractivity contribution < 1.29 is 17.6 Å². The van der Waals surface area contributed by atoms with Gasteiger partial charge in [0.25, 0.3) is 15.9 Å². The van der Waals surface area contributed by atoms with Crippen molar-refractivity contribution in [3.8, 4) is 11.3 Å². The van der Waals surface area contributed by atoms with Crippen LogP contribution in [-0.2, 0) is 17.1 Å². The summed E-state index contributed by atoms with van der Waals surface area (Å²) in [5.74, 6) is -1.39. The second-order valence-electron chi connectivity index (χ2n) is 6.02. The van der Waals surface area contributed by atoms with Crippen molar-refractivity contribution >= 4 is 27.6 Å². The number of rotatable bonds is 5. The van der Waals surface area contributed by atoms with E-state index in [1.807, 2.05) is 0 Å². The van der Waals surface area contributed by atoms with Gasteiger partial charge >= 0.3 is 0 Å². The third-order valence-corrected chi connectivity index (χ3v) is 5.21. The zero-order valence-electron chi connectivity index (χ0n) is 15.2. The van der Waals surface area contributed by atoms with Gasteiger partial charge in [-0.05, 0) is 54.6 Å². The van der Waals surface area contributed by atoms with Crippen LogP contribution in [-0.4, -0.2) is 30.1 Å². The van der Waals surface area contributed by atoms with Gasteiger partial charge in [0.15, 0.2) is 0 Å². The monoisotopic (exact) mass is 416 g/mol. The van der Waals surface area contributed by atoms with E-state index in [2.05, 4.69) is 14.8 Å². The van der Waals surface area contributed by atoms with E-state index in [-0.39, 0.29) is 16.4 Å². The summed E-state index contributed by atoms with van der Waals surface area (Å²) in [6, 6.07) is 12.7. The first-order valence-corrected chi connectivity index (χ1v) is 9.67. The third kappa shape index (κ3) is 4.58. The number of nitrogens with two attached hydrogens (primary N) is 2. The number of halogens is 1. The number of anilines is 1. The molecule has 1 amide bonds. The average molecular weight is 416 g/mol. The molecular formula is C18H17FN6O3S. The number of guanidine groups is 1. The fourth-order valence-electron chi connectivity index (χ4n) is 2.54. The largest absolute Gasteiger partial charge is 0.369 e. The number of benzene rings is 2. The molecule has 1 aromatic heterocycles. The van der Waals surface area contributed by atoms with Gasteiger partial charge in [-0.3, -0.25) is 9.48 Å². The van der Waals surface area contributed by atoms with Gasteiger partial charge in [0, 0.05) is 18.3 Å². The molecule has 3 rings (SSSR count). The maximum atomic E-state index is 13.1. The summed E-state index contributed by atoms with van der Waals surface area (Å²) in [5.41, 5.74) is 12.0. The van der Waals surface area contributed by atoms with Gasteiger partial charge in [0.05, 0.1) is 10.6 Å². The molecule has 9 nitrogen and oxygen atoms in total. The first kappa shape index (κ1) is 20.0. The van der Waals surface area contributed by atoms with Crippen LogP contribution in [0.5, 0.6) is 0 Å². The summed E-state index contributed by atoms with van der Waals surface area (Å²) in [6.45, 7) is 0. The summed E-state index contributed by atoms with van der Waals surface area (Å²) < 4.78 is 41.5. The maximum absolute atomic E-state index is 13.1. The summed E-state index contributed by atoms with van der Waals surface area (Å²) >= 11 is 0. The molecule has 0 aliphatic carbocycles. The zero-order valence-corrected chi connectivity index (χ0v) is 16.0. The number of sulfonamides is 1. The van der Waals surface area contributed by atoms with E-state index in [1.54, 1.807) is 25.2 Å². The molecule has 5 N–H and O–H groups in total. The lowest BCUT2D eigenvalue weighted by Gasteiger charge is -2.06. The van der Waals surface area contributed by atoms with E-state index in [0.717, 1.165) is 0 Å². The van der Waals surface area contributed by atoms with Gasteiger partial charge in [-0.1, -0.05) is 0 Å². The van der Waals surface area contributed by atoms with Crippen LogP contribution in [0.4, 0.5) is 10.1 Å². The highest BCUT2D eigenvalue weighted by Gasteiger charge is 2.16. The first-order chi connectivity index (χ1) is 13.7. The molecule has 29 heavy (non-hydrogen) atoms. The Kier molecular flexibility index (Phi) is 5.33. The van der Waals surface area contributed by atoms with Crippen molar-refractivity contribution in [2.75, 3.05) is 5.32 Å². The fourth-order valence-corrected chi connectivity index (χ4v) is 3.40. The Bertz CT molecular complexity index is 1180. The van der Waals surface area contributed by atoms with Crippen LogP contribution in [0.2, 0.25) is 0 Å². The van der Waals surface area contributed by atoms with Gasteiger partial charge in [-0.25, -0.2) is 4.39 Å². The highest BCUT2D eigenvalue weighted by Crippen LogP contribution is 2.21. The predicted molar refractivity (Wildman–Crippen MR) is 106 cm³/mol. The van der Waals surface area contributed by atoms with Crippen molar-refractivity contribution in [3.63, 3.8) is 0 Å². The van der Waals surface area contributed by atoms with Crippen LogP contribution in [0, 0.1) is 5.82 Å². The summed E-state index contributed by atoms with van der Waals surface area (Å²) in [6.07, 6.45) is 0. The van der Waals surface area contributed by atoms with Gasteiger partial charge in [0.2, 0.25) is 5.96 Å². The molecule has 0 spiro atoms. The molecule has 0 bridgehead atoms. The Morgan fingerprint density at radius 2 is 1.72 bits per heavy atom. The van der Waals surface area contributed by atoms with Crippen molar-refractivity contribution in [3.05, 3.63) is 66.1 Å². The van der Waals surface area contributed by atoms with Gasteiger partial charge < -0.3 is 16.8 Å². The Hall–Kier alpha value is -3.73. The molecule has 11 heteroatoms. The summed E-state index contributed by atoms with van der Waals surface area (Å²) in [4.78, 5) is 12.4. The lowest BCUT2D eigenvalue weighted by molar-refractivity contribution is 0.101.